The van der Waals surface area contributed by atoms with Crippen LogP contribution in [0.2, 0.25) is 0 Å². The lowest BCUT2D eigenvalue weighted by molar-refractivity contribution is -0.0607. The zero-order valence-electron chi connectivity index (χ0n) is 7.57. The highest BCUT2D eigenvalue weighted by Crippen LogP contribution is 2.33. The zero-order valence-corrected chi connectivity index (χ0v) is 7.57. The normalized spacial score (nSPS) is 23.5. The van der Waals surface area contributed by atoms with Gasteiger partial charge in [-0.2, -0.15) is 0 Å². The summed E-state index contributed by atoms with van der Waals surface area (Å²) in [4.78, 5) is 0. The lowest BCUT2D eigenvalue weighted by Crippen LogP contribution is -2.34. The van der Waals surface area contributed by atoms with Crippen LogP contribution in [-0.2, 0) is 4.74 Å². The molecule has 1 fully saturated rings. The Balaban J connectivity index is 2.42. The lowest BCUT2D eigenvalue weighted by Gasteiger charge is -2.36. The van der Waals surface area contributed by atoms with Gasteiger partial charge in [0.15, 0.2) is 0 Å². The van der Waals surface area contributed by atoms with Crippen LogP contribution in [0.3, 0.4) is 0 Å². The van der Waals surface area contributed by atoms with Gasteiger partial charge < -0.3 is 4.74 Å². The van der Waals surface area contributed by atoms with Crippen LogP contribution in [0.1, 0.15) is 45.4 Å². The molecular formula is C10H19O. The van der Waals surface area contributed by atoms with Crippen molar-refractivity contribution in [3.8, 4) is 0 Å². The van der Waals surface area contributed by atoms with Crippen LogP contribution in [0.15, 0.2) is 0 Å². The Morgan fingerprint density at radius 3 is 2.36 bits per heavy atom. The Labute approximate surface area is 70.1 Å². The molecule has 65 valence electrons. The van der Waals surface area contributed by atoms with Crippen molar-refractivity contribution in [2.24, 2.45) is 0 Å². The molecule has 0 aromatic rings. The Bertz CT molecular complexity index is 97.9. The van der Waals surface area contributed by atoms with E-state index in [4.69, 9.17) is 4.74 Å². The van der Waals surface area contributed by atoms with Crippen molar-refractivity contribution < 1.29 is 4.74 Å². The van der Waals surface area contributed by atoms with Gasteiger partial charge in [0.2, 0.25) is 0 Å². The molecule has 0 bridgehead atoms. The van der Waals surface area contributed by atoms with Gasteiger partial charge in [-0.05, 0) is 26.2 Å². The predicted molar refractivity (Wildman–Crippen MR) is 47.4 cm³/mol. The lowest BCUT2D eigenvalue weighted by atomic mass is 9.83. The molecule has 1 aliphatic rings. The summed E-state index contributed by atoms with van der Waals surface area (Å²) in [5, 5.41) is 0. The monoisotopic (exact) mass is 155 g/mol. The topological polar surface area (TPSA) is 9.23 Å². The first-order chi connectivity index (χ1) is 5.33. The molecule has 0 unspecified atom stereocenters. The van der Waals surface area contributed by atoms with Crippen molar-refractivity contribution >= 4 is 0 Å². The maximum atomic E-state index is 5.71. The predicted octanol–water partition coefficient (Wildman–Crippen LogP) is 2.95. The van der Waals surface area contributed by atoms with Crippen LogP contribution in [-0.4, -0.2) is 12.2 Å². The second-order valence-corrected chi connectivity index (χ2v) is 3.45. The highest BCUT2D eigenvalue weighted by molar-refractivity contribution is 4.82. The summed E-state index contributed by atoms with van der Waals surface area (Å²) in [5.41, 5.74) is 0.208. The molecule has 0 amide bonds. The summed E-state index contributed by atoms with van der Waals surface area (Å²) in [6.45, 7) is 6.61. The van der Waals surface area contributed by atoms with Crippen molar-refractivity contribution in [2.45, 2.75) is 51.0 Å². The molecular weight excluding hydrogens is 136 g/mol. The van der Waals surface area contributed by atoms with E-state index in [1.165, 1.54) is 32.1 Å². The third-order valence-corrected chi connectivity index (χ3v) is 2.82. The number of hydrogen-bond donors (Lipinski definition) is 0. The van der Waals surface area contributed by atoms with Gasteiger partial charge >= 0.3 is 0 Å². The minimum absolute atomic E-state index is 0.208. The first-order valence-electron chi connectivity index (χ1n) is 4.76. The molecule has 0 aliphatic heterocycles. The third kappa shape index (κ3) is 2.19. The van der Waals surface area contributed by atoms with E-state index in [0.717, 1.165) is 6.42 Å². The molecule has 0 heterocycles. The maximum Gasteiger partial charge on any atom is 0.0680 e. The van der Waals surface area contributed by atoms with Crippen LogP contribution in [0.4, 0.5) is 0 Å². The fourth-order valence-corrected chi connectivity index (χ4v) is 2.01. The van der Waals surface area contributed by atoms with E-state index < -0.39 is 0 Å². The van der Waals surface area contributed by atoms with Crippen LogP contribution < -0.4 is 0 Å². The van der Waals surface area contributed by atoms with E-state index in [0.29, 0.717) is 6.61 Å². The molecule has 0 atom stereocenters. The van der Waals surface area contributed by atoms with Crippen molar-refractivity contribution in [3.63, 3.8) is 0 Å². The molecule has 1 saturated carbocycles. The first kappa shape index (κ1) is 9.05. The van der Waals surface area contributed by atoms with Gasteiger partial charge in [-0.15, -0.1) is 0 Å². The van der Waals surface area contributed by atoms with Gasteiger partial charge in [0.1, 0.15) is 0 Å². The van der Waals surface area contributed by atoms with Crippen molar-refractivity contribution in [1.82, 2.24) is 0 Å². The molecule has 0 saturated heterocycles. The summed E-state index contributed by atoms with van der Waals surface area (Å²) in [5.74, 6) is 0. The minimum Gasteiger partial charge on any atom is -0.375 e. The van der Waals surface area contributed by atoms with E-state index in [1.54, 1.807) is 0 Å². The average molecular weight is 155 g/mol. The molecule has 0 N–H and O–H groups in total. The van der Waals surface area contributed by atoms with Gasteiger partial charge in [0.05, 0.1) is 5.60 Å². The van der Waals surface area contributed by atoms with Crippen LogP contribution >= 0.6 is 0 Å². The SMILES string of the molecule is [CH2]COC1(CC)CCCCC1. The molecule has 1 radical (unpaired) electrons. The largest absolute Gasteiger partial charge is 0.375 e. The van der Waals surface area contributed by atoms with Crippen molar-refractivity contribution in [2.75, 3.05) is 6.61 Å². The standard InChI is InChI=1S/C10H19O/c1-3-10(11-4-2)8-6-5-7-9-10/h2-9H2,1H3. The van der Waals surface area contributed by atoms with E-state index >= 15 is 0 Å². The molecule has 0 aromatic heterocycles. The fourth-order valence-electron chi connectivity index (χ4n) is 2.01. The number of ether oxygens (including phenoxy) is 1. The van der Waals surface area contributed by atoms with Crippen molar-refractivity contribution in [1.29, 1.82) is 0 Å². The Hall–Kier alpha value is -0.0400. The minimum atomic E-state index is 0.208. The molecule has 0 spiro atoms. The van der Waals surface area contributed by atoms with Gasteiger partial charge in [-0.25, -0.2) is 0 Å². The number of rotatable bonds is 3. The zero-order chi connectivity index (χ0) is 8.16. The smallest absolute Gasteiger partial charge is 0.0680 e. The second-order valence-electron chi connectivity index (χ2n) is 3.45. The molecule has 1 rings (SSSR count). The Morgan fingerprint density at radius 1 is 1.27 bits per heavy atom. The van der Waals surface area contributed by atoms with E-state index in [1.807, 2.05) is 0 Å². The van der Waals surface area contributed by atoms with Crippen molar-refractivity contribution in [3.05, 3.63) is 6.92 Å². The molecule has 1 aliphatic carbocycles. The summed E-state index contributed by atoms with van der Waals surface area (Å²) in [6.07, 6.45) is 7.73. The van der Waals surface area contributed by atoms with E-state index in [2.05, 4.69) is 13.8 Å². The maximum absolute atomic E-state index is 5.71. The quantitative estimate of drug-likeness (QED) is 0.609. The summed E-state index contributed by atoms with van der Waals surface area (Å²) < 4.78 is 5.71. The van der Waals surface area contributed by atoms with Crippen LogP contribution in [0.25, 0.3) is 0 Å². The van der Waals surface area contributed by atoms with Gasteiger partial charge in [0, 0.05) is 6.61 Å². The summed E-state index contributed by atoms with van der Waals surface area (Å²) in [7, 11) is 0. The van der Waals surface area contributed by atoms with Gasteiger partial charge in [-0.1, -0.05) is 26.2 Å². The van der Waals surface area contributed by atoms with E-state index in [-0.39, 0.29) is 5.60 Å². The fraction of sp³-hybridized carbons (Fsp3) is 0.900. The number of hydrogen-bond acceptors (Lipinski definition) is 1. The molecule has 1 nitrogen and oxygen atoms in total. The highest BCUT2D eigenvalue weighted by Gasteiger charge is 2.29. The summed E-state index contributed by atoms with van der Waals surface area (Å²) in [6, 6.07) is 0. The first-order valence-corrected chi connectivity index (χ1v) is 4.76. The van der Waals surface area contributed by atoms with Crippen LogP contribution in [0.5, 0.6) is 0 Å². The second kappa shape index (κ2) is 4.10. The molecule has 11 heavy (non-hydrogen) atoms. The Morgan fingerprint density at radius 2 is 1.91 bits per heavy atom. The molecule has 0 aromatic carbocycles. The van der Waals surface area contributed by atoms with Gasteiger partial charge in [-0.3, -0.25) is 0 Å². The highest BCUT2D eigenvalue weighted by atomic mass is 16.5. The third-order valence-electron chi connectivity index (χ3n) is 2.82. The van der Waals surface area contributed by atoms with Gasteiger partial charge in [0.25, 0.3) is 0 Å². The Kier molecular flexibility index (Phi) is 3.38. The molecule has 1 heteroatoms. The van der Waals surface area contributed by atoms with E-state index in [9.17, 15) is 0 Å². The summed E-state index contributed by atoms with van der Waals surface area (Å²) >= 11 is 0. The van der Waals surface area contributed by atoms with Crippen LogP contribution in [0, 0.1) is 6.92 Å². The average Bonchev–Trinajstić information content (AvgIpc) is 2.07.